The maximum Gasteiger partial charge on any atom is 0.329 e. The van der Waals surface area contributed by atoms with Crippen LogP contribution in [0.4, 0.5) is 5.69 Å². The lowest BCUT2D eigenvalue weighted by Gasteiger charge is -2.18. The van der Waals surface area contributed by atoms with Crippen molar-refractivity contribution in [1.29, 1.82) is 0 Å². The molecule has 0 spiro atoms. The van der Waals surface area contributed by atoms with Crippen LogP contribution in [0.3, 0.4) is 0 Å². The van der Waals surface area contributed by atoms with E-state index in [0.29, 0.717) is 15.3 Å². The third-order valence-corrected chi connectivity index (χ3v) is 5.75. The minimum atomic E-state index is -0.748. The summed E-state index contributed by atoms with van der Waals surface area (Å²) in [7, 11) is 0. The van der Waals surface area contributed by atoms with E-state index in [2.05, 4.69) is 4.99 Å². The summed E-state index contributed by atoms with van der Waals surface area (Å²) in [6.07, 6.45) is 1.95. The number of rotatable bonds is 7. The predicted molar refractivity (Wildman–Crippen MR) is 119 cm³/mol. The quantitative estimate of drug-likeness (QED) is 0.312. The molecule has 5 nitrogen and oxygen atoms in total. The van der Waals surface area contributed by atoms with Crippen LogP contribution in [0.5, 0.6) is 5.88 Å². The van der Waals surface area contributed by atoms with E-state index in [9.17, 15) is 9.90 Å². The van der Waals surface area contributed by atoms with Gasteiger partial charge in [-0.05, 0) is 43.3 Å². The number of carbonyl (C=O) groups excluding carboxylic acids is 1. The number of hydrogen-bond donors (Lipinski definition) is 1. The average molecular weight is 427 g/mol. The Kier molecular flexibility index (Phi) is 6.95. The monoisotopic (exact) mass is 426 g/mol. The van der Waals surface area contributed by atoms with Gasteiger partial charge in [0, 0.05) is 6.42 Å². The highest BCUT2D eigenvalue weighted by molar-refractivity contribution is 7.73. The van der Waals surface area contributed by atoms with Gasteiger partial charge in [0.15, 0.2) is 3.95 Å². The number of aliphatic imine (C=N–C) groups is 1. The molecule has 1 heterocycles. The van der Waals surface area contributed by atoms with Gasteiger partial charge in [-0.2, -0.15) is 0 Å². The molecule has 0 fully saturated rings. The van der Waals surface area contributed by atoms with Crippen molar-refractivity contribution in [2.45, 2.75) is 26.3 Å². The maximum absolute atomic E-state index is 12.7. The maximum atomic E-state index is 12.7. The molecule has 150 valence electrons. The largest absolute Gasteiger partial charge is 0.493 e. The standard InChI is InChI=1S/C22H22N2O3S2/c1-3-27-21(26)18(13-16-10-5-4-6-11-16)24-20(25)19(29-22(24)28)14-23-17-12-8-7-9-15(17)2/h4-12,14,18,25H,3,13H2,1-2H3/t18-/m0/s1. The van der Waals surface area contributed by atoms with Crippen LogP contribution in [0, 0.1) is 10.9 Å². The lowest BCUT2D eigenvalue weighted by atomic mass is 10.1. The van der Waals surface area contributed by atoms with Crippen molar-refractivity contribution >= 4 is 41.4 Å². The average Bonchev–Trinajstić information content (AvgIpc) is 3.00. The molecule has 0 aliphatic carbocycles. The number of esters is 1. The topological polar surface area (TPSA) is 63.8 Å². The highest BCUT2D eigenvalue weighted by atomic mass is 32.1. The fraction of sp³-hybridized carbons (Fsp3) is 0.227. The van der Waals surface area contributed by atoms with Crippen molar-refractivity contribution < 1.29 is 14.6 Å². The number of ether oxygens (including phenoxy) is 1. The zero-order valence-electron chi connectivity index (χ0n) is 16.2. The second kappa shape index (κ2) is 9.62. The first kappa shape index (κ1) is 21.0. The van der Waals surface area contributed by atoms with Gasteiger partial charge in [0.1, 0.15) is 10.9 Å². The molecule has 3 aromatic rings. The van der Waals surface area contributed by atoms with Crippen molar-refractivity contribution in [3.05, 3.63) is 74.6 Å². The van der Waals surface area contributed by atoms with Crippen molar-refractivity contribution in [3.8, 4) is 5.88 Å². The smallest absolute Gasteiger partial charge is 0.329 e. The Morgan fingerprint density at radius 1 is 1.24 bits per heavy atom. The molecule has 2 aromatic carbocycles. The van der Waals surface area contributed by atoms with Crippen LogP contribution in [-0.4, -0.2) is 28.5 Å². The Labute approximate surface area is 178 Å². The van der Waals surface area contributed by atoms with Gasteiger partial charge in [-0.3, -0.25) is 9.56 Å². The molecule has 3 rings (SSSR count). The van der Waals surface area contributed by atoms with E-state index in [1.54, 1.807) is 13.1 Å². The number of aryl methyl sites for hydroxylation is 1. The predicted octanol–water partition coefficient (Wildman–Crippen LogP) is 5.39. The summed E-state index contributed by atoms with van der Waals surface area (Å²) in [4.78, 5) is 17.6. The Bertz CT molecular complexity index is 1070. The van der Waals surface area contributed by atoms with E-state index in [1.165, 1.54) is 15.9 Å². The van der Waals surface area contributed by atoms with Gasteiger partial charge in [0.2, 0.25) is 5.88 Å². The molecule has 7 heteroatoms. The number of nitrogens with zero attached hydrogens (tertiary/aromatic N) is 2. The van der Waals surface area contributed by atoms with E-state index in [1.807, 2.05) is 61.5 Å². The van der Waals surface area contributed by atoms with Crippen LogP contribution < -0.4 is 0 Å². The highest BCUT2D eigenvalue weighted by Crippen LogP contribution is 2.31. The Hall–Kier alpha value is -2.77. The van der Waals surface area contributed by atoms with Crippen molar-refractivity contribution in [1.82, 2.24) is 4.57 Å². The molecular formula is C22H22N2O3S2. The third kappa shape index (κ3) is 4.99. The van der Waals surface area contributed by atoms with Crippen LogP contribution in [0.2, 0.25) is 0 Å². The van der Waals surface area contributed by atoms with E-state index < -0.39 is 12.0 Å². The van der Waals surface area contributed by atoms with Gasteiger partial charge >= 0.3 is 5.97 Å². The van der Waals surface area contributed by atoms with Gasteiger partial charge in [0.05, 0.1) is 18.5 Å². The van der Waals surface area contributed by atoms with Crippen molar-refractivity contribution in [2.75, 3.05) is 6.61 Å². The number of aromatic nitrogens is 1. The second-order valence-electron chi connectivity index (χ2n) is 6.43. The summed E-state index contributed by atoms with van der Waals surface area (Å²) >= 11 is 6.68. The molecule has 0 radical (unpaired) electrons. The van der Waals surface area contributed by atoms with Crippen LogP contribution in [0.1, 0.15) is 29.0 Å². The summed E-state index contributed by atoms with van der Waals surface area (Å²) in [5, 5.41) is 10.8. The molecule has 0 aliphatic rings. The zero-order chi connectivity index (χ0) is 20.8. The first-order valence-electron chi connectivity index (χ1n) is 9.25. The van der Waals surface area contributed by atoms with E-state index in [0.717, 1.165) is 16.8 Å². The molecule has 0 saturated heterocycles. The Morgan fingerprint density at radius 3 is 2.62 bits per heavy atom. The molecule has 0 saturated carbocycles. The highest BCUT2D eigenvalue weighted by Gasteiger charge is 2.27. The lowest BCUT2D eigenvalue weighted by Crippen LogP contribution is -2.24. The Morgan fingerprint density at radius 2 is 1.93 bits per heavy atom. The van der Waals surface area contributed by atoms with Crippen LogP contribution in [0.15, 0.2) is 59.6 Å². The molecule has 29 heavy (non-hydrogen) atoms. The SMILES string of the molecule is CCOC(=O)[C@H](Cc1ccccc1)n1c(O)c(C=Nc2ccccc2C)sc1=S. The van der Waals surface area contributed by atoms with Crippen molar-refractivity contribution in [3.63, 3.8) is 0 Å². The fourth-order valence-electron chi connectivity index (χ4n) is 2.95. The molecule has 1 aromatic heterocycles. The summed E-state index contributed by atoms with van der Waals surface area (Å²) in [6.45, 7) is 3.98. The zero-order valence-corrected chi connectivity index (χ0v) is 17.9. The summed E-state index contributed by atoms with van der Waals surface area (Å²) < 4.78 is 7.10. The van der Waals surface area contributed by atoms with Gasteiger partial charge < -0.3 is 9.84 Å². The van der Waals surface area contributed by atoms with Crippen LogP contribution in [0.25, 0.3) is 0 Å². The lowest BCUT2D eigenvalue weighted by molar-refractivity contribution is -0.147. The first-order chi connectivity index (χ1) is 14.0. The van der Waals surface area contributed by atoms with Gasteiger partial charge in [0.25, 0.3) is 0 Å². The molecule has 1 atom stereocenters. The van der Waals surface area contributed by atoms with Gasteiger partial charge in [-0.15, -0.1) is 0 Å². The van der Waals surface area contributed by atoms with Gasteiger partial charge in [-0.1, -0.05) is 59.9 Å². The minimum absolute atomic E-state index is 0.0775. The number of thiazole rings is 1. The number of hydrogen-bond acceptors (Lipinski definition) is 6. The van der Waals surface area contributed by atoms with E-state index >= 15 is 0 Å². The summed E-state index contributed by atoms with van der Waals surface area (Å²) in [5.74, 6) is -0.505. The van der Waals surface area contributed by atoms with Gasteiger partial charge in [-0.25, -0.2) is 4.79 Å². The summed E-state index contributed by atoms with van der Waals surface area (Å²) in [6, 6.07) is 16.6. The van der Waals surface area contributed by atoms with Crippen LogP contribution >= 0.6 is 23.6 Å². The third-order valence-electron chi connectivity index (χ3n) is 4.42. The Balaban J connectivity index is 1.97. The number of aromatic hydroxyl groups is 1. The van der Waals surface area contributed by atoms with Crippen molar-refractivity contribution in [2.24, 2.45) is 4.99 Å². The summed E-state index contributed by atoms with van der Waals surface area (Å²) in [5.41, 5.74) is 2.79. The fourth-order valence-corrected chi connectivity index (χ4v) is 4.22. The van der Waals surface area contributed by atoms with E-state index in [4.69, 9.17) is 17.0 Å². The molecule has 0 unspecified atom stereocenters. The first-order valence-corrected chi connectivity index (χ1v) is 10.5. The molecule has 1 N–H and O–H groups in total. The number of para-hydroxylation sites is 1. The molecular weight excluding hydrogens is 404 g/mol. The number of carbonyl (C=O) groups is 1. The molecule has 0 bridgehead atoms. The normalized spacial score (nSPS) is 12.2. The second-order valence-corrected chi connectivity index (χ2v) is 8.10. The number of benzene rings is 2. The molecule has 0 amide bonds. The van der Waals surface area contributed by atoms with Crippen LogP contribution in [-0.2, 0) is 16.0 Å². The molecule has 0 aliphatic heterocycles. The minimum Gasteiger partial charge on any atom is -0.493 e. The van der Waals surface area contributed by atoms with E-state index in [-0.39, 0.29) is 12.5 Å².